The van der Waals surface area contributed by atoms with Gasteiger partial charge in [0.2, 0.25) is 5.91 Å². The molecule has 1 fully saturated rings. The summed E-state index contributed by atoms with van der Waals surface area (Å²) in [4.78, 5) is 51.2. The van der Waals surface area contributed by atoms with Crippen molar-refractivity contribution in [2.24, 2.45) is 0 Å². The summed E-state index contributed by atoms with van der Waals surface area (Å²) in [5, 5.41) is 18.1. The summed E-state index contributed by atoms with van der Waals surface area (Å²) in [6.07, 6.45) is 1.25. The van der Waals surface area contributed by atoms with E-state index in [1.54, 1.807) is 6.07 Å². The number of phenols is 2. The average molecular weight is 444 g/mol. The van der Waals surface area contributed by atoms with E-state index in [2.05, 4.69) is 0 Å². The number of amides is 3. The molecule has 0 saturated carbocycles. The van der Waals surface area contributed by atoms with Crippen molar-refractivity contribution >= 4 is 40.7 Å². The predicted molar refractivity (Wildman–Crippen MR) is 111 cm³/mol. The molecular weight excluding hydrogens is 427 g/mol. The summed E-state index contributed by atoms with van der Waals surface area (Å²) in [5.41, 5.74) is 0.216. The number of phenolic OH excluding ortho intramolecular Hbond substituents is 2. The van der Waals surface area contributed by atoms with Crippen molar-refractivity contribution in [2.75, 3.05) is 20.1 Å². The Labute approximate surface area is 180 Å². The van der Waals surface area contributed by atoms with Crippen molar-refractivity contribution in [3.05, 3.63) is 64.3 Å². The lowest BCUT2D eigenvalue weighted by atomic mass is 10.1. The third kappa shape index (κ3) is 4.92. The van der Waals surface area contributed by atoms with Gasteiger partial charge < -0.3 is 15.1 Å². The van der Waals surface area contributed by atoms with Crippen LogP contribution in [0.1, 0.15) is 15.9 Å². The first-order valence-corrected chi connectivity index (χ1v) is 9.78. The lowest BCUT2D eigenvalue weighted by Crippen LogP contribution is -2.42. The van der Waals surface area contributed by atoms with Gasteiger partial charge in [-0.25, -0.2) is 4.39 Å². The Balaban J connectivity index is 1.66. The molecule has 0 radical (unpaired) electrons. The predicted octanol–water partition coefficient (Wildman–Crippen LogP) is 2.61. The number of carbonyl (C=O) groups is 4. The molecule has 1 aliphatic heterocycles. The van der Waals surface area contributed by atoms with E-state index in [9.17, 15) is 33.8 Å². The van der Waals surface area contributed by atoms with Crippen LogP contribution in [0, 0.1) is 5.82 Å². The Morgan fingerprint density at radius 3 is 2.52 bits per heavy atom. The van der Waals surface area contributed by atoms with E-state index in [4.69, 9.17) is 0 Å². The highest BCUT2D eigenvalue weighted by atomic mass is 32.2. The lowest BCUT2D eigenvalue weighted by molar-refractivity contribution is -0.134. The molecule has 3 rings (SSSR count). The molecule has 0 aliphatic carbocycles. The molecule has 0 unspecified atom stereocenters. The van der Waals surface area contributed by atoms with E-state index in [0.717, 1.165) is 21.9 Å². The number of rotatable bonds is 6. The number of nitrogens with zero attached hydrogens (tertiary/aromatic N) is 2. The van der Waals surface area contributed by atoms with E-state index in [1.807, 2.05) is 0 Å². The number of benzene rings is 2. The number of carbonyl (C=O) groups excluding carboxylic acids is 4. The van der Waals surface area contributed by atoms with Crippen molar-refractivity contribution in [3.8, 4) is 11.5 Å². The molecule has 2 N–H and O–H groups in total. The van der Waals surface area contributed by atoms with Crippen molar-refractivity contribution < 1.29 is 33.8 Å². The maximum Gasteiger partial charge on any atom is 0.294 e. The van der Waals surface area contributed by atoms with Crippen molar-refractivity contribution in [3.63, 3.8) is 0 Å². The first kappa shape index (κ1) is 22.0. The molecule has 1 heterocycles. The standard InChI is InChI=1S/C21H17FN2O6S/c1-23(10-17(27)13-6-7-15(25)16(26)8-13)19(28)11-24-20(29)18(31-21(24)30)9-12-4-2-3-5-14(12)22/h2-9,25-26H,10-11H2,1H3/b18-9-. The highest BCUT2D eigenvalue weighted by Gasteiger charge is 2.37. The number of thioether (sulfide) groups is 1. The van der Waals surface area contributed by atoms with Crippen LogP contribution in [0.2, 0.25) is 0 Å². The minimum Gasteiger partial charge on any atom is -0.504 e. The summed E-state index contributed by atoms with van der Waals surface area (Å²) >= 11 is 0.595. The van der Waals surface area contributed by atoms with Gasteiger partial charge in [0, 0.05) is 18.2 Å². The van der Waals surface area contributed by atoms with E-state index >= 15 is 0 Å². The Morgan fingerprint density at radius 2 is 1.84 bits per heavy atom. The largest absolute Gasteiger partial charge is 0.504 e. The van der Waals surface area contributed by atoms with Crippen molar-refractivity contribution in [1.82, 2.24) is 9.80 Å². The van der Waals surface area contributed by atoms with Crippen LogP contribution >= 0.6 is 11.8 Å². The number of ketones is 1. The Bertz CT molecular complexity index is 1120. The molecule has 160 valence electrons. The van der Waals surface area contributed by atoms with Gasteiger partial charge in [0.05, 0.1) is 11.4 Å². The number of hydrogen-bond donors (Lipinski definition) is 2. The fourth-order valence-electron chi connectivity index (χ4n) is 2.72. The molecule has 0 aromatic heterocycles. The maximum absolute atomic E-state index is 13.8. The van der Waals surface area contributed by atoms with Crippen LogP contribution in [-0.4, -0.2) is 63.0 Å². The third-order valence-corrected chi connectivity index (χ3v) is 5.37. The van der Waals surface area contributed by atoms with E-state index in [0.29, 0.717) is 11.8 Å². The number of imide groups is 1. The topological polar surface area (TPSA) is 115 Å². The average Bonchev–Trinajstić information content (AvgIpc) is 2.98. The highest BCUT2D eigenvalue weighted by molar-refractivity contribution is 8.18. The number of hydrogen-bond acceptors (Lipinski definition) is 7. The van der Waals surface area contributed by atoms with Crippen LogP contribution < -0.4 is 0 Å². The molecule has 1 aliphatic rings. The lowest BCUT2D eigenvalue weighted by Gasteiger charge is -2.19. The van der Waals surface area contributed by atoms with Crippen LogP contribution in [0.3, 0.4) is 0 Å². The molecule has 31 heavy (non-hydrogen) atoms. The number of likely N-dealkylation sites (N-methyl/N-ethyl adjacent to an activating group) is 1. The molecule has 8 nitrogen and oxygen atoms in total. The quantitative estimate of drug-likeness (QED) is 0.400. The van der Waals surface area contributed by atoms with E-state index in [-0.39, 0.29) is 28.3 Å². The number of aromatic hydroxyl groups is 2. The van der Waals surface area contributed by atoms with Crippen molar-refractivity contribution in [2.45, 2.75) is 0 Å². The van der Waals surface area contributed by atoms with Crippen LogP contribution in [0.25, 0.3) is 6.08 Å². The number of Topliss-reactive ketones (excluding diaryl/α,β-unsaturated/α-hetero) is 1. The molecule has 10 heteroatoms. The van der Waals surface area contributed by atoms with Gasteiger partial charge in [-0.2, -0.15) is 0 Å². The molecule has 0 spiro atoms. The second-order valence-electron chi connectivity index (χ2n) is 6.67. The SMILES string of the molecule is CN(CC(=O)c1ccc(O)c(O)c1)C(=O)CN1C(=O)S/C(=C\c2ccccc2F)C1=O. The molecule has 3 amide bonds. The zero-order valence-corrected chi connectivity index (χ0v) is 17.1. The third-order valence-electron chi connectivity index (χ3n) is 4.46. The first-order chi connectivity index (χ1) is 14.7. The second-order valence-corrected chi connectivity index (χ2v) is 7.66. The van der Waals surface area contributed by atoms with Crippen LogP contribution in [0.5, 0.6) is 11.5 Å². The van der Waals surface area contributed by atoms with Gasteiger partial charge in [0.15, 0.2) is 17.3 Å². The summed E-state index contributed by atoms with van der Waals surface area (Å²) in [5.74, 6) is -3.31. The van der Waals surface area contributed by atoms with Gasteiger partial charge in [-0.1, -0.05) is 18.2 Å². The smallest absolute Gasteiger partial charge is 0.294 e. The maximum atomic E-state index is 13.8. The zero-order valence-electron chi connectivity index (χ0n) is 16.2. The van der Waals surface area contributed by atoms with Crippen LogP contribution in [0.15, 0.2) is 47.4 Å². The summed E-state index contributed by atoms with van der Waals surface area (Å²) in [6, 6.07) is 9.26. The van der Waals surface area contributed by atoms with Gasteiger partial charge in [0.25, 0.3) is 11.1 Å². The molecule has 2 aromatic rings. The van der Waals surface area contributed by atoms with Gasteiger partial charge in [-0.05, 0) is 42.1 Å². The molecule has 2 aromatic carbocycles. The molecule has 0 bridgehead atoms. The Kier molecular flexibility index (Phi) is 6.40. The van der Waals surface area contributed by atoms with Crippen LogP contribution in [-0.2, 0) is 9.59 Å². The van der Waals surface area contributed by atoms with Gasteiger partial charge in [0.1, 0.15) is 12.4 Å². The second kappa shape index (κ2) is 9.00. The summed E-state index contributed by atoms with van der Waals surface area (Å²) in [6.45, 7) is -0.950. The van der Waals surface area contributed by atoms with Gasteiger partial charge in [-0.15, -0.1) is 0 Å². The zero-order chi connectivity index (χ0) is 22.7. The monoisotopic (exact) mass is 444 g/mol. The molecule has 0 atom stereocenters. The van der Waals surface area contributed by atoms with E-state index < -0.39 is 40.9 Å². The highest BCUT2D eigenvalue weighted by Crippen LogP contribution is 2.32. The number of halogens is 1. The Morgan fingerprint density at radius 1 is 1.13 bits per heavy atom. The van der Waals surface area contributed by atoms with Gasteiger partial charge >= 0.3 is 0 Å². The summed E-state index contributed by atoms with van der Waals surface area (Å²) in [7, 11) is 1.33. The molecular formula is C21H17FN2O6S. The minimum absolute atomic E-state index is 0.0128. The van der Waals surface area contributed by atoms with Crippen LogP contribution in [0.4, 0.5) is 9.18 Å². The Hall–Kier alpha value is -3.66. The van der Waals surface area contributed by atoms with Gasteiger partial charge in [-0.3, -0.25) is 24.1 Å². The first-order valence-electron chi connectivity index (χ1n) is 8.96. The fraction of sp³-hybridized carbons (Fsp3) is 0.143. The van der Waals surface area contributed by atoms with Crippen molar-refractivity contribution in [1.29, 1.82) is 0 Å². The molecule has 1 saturated heterocycles. The fourth-order valence-corrected chi connectivity index (χ4v) is 3.55. The normalized spacial score (nSPS) is 14.9. The summed E-state index contributed by atoms with van der Waals surface area (Å²) < 4.78 is 13.8. The minimum atomic E-state index is -0.727. The van der Waals surface area contributed by atoms with E-state index in [1.165, 1.54) is 37.4 Å².